The molecule has 0 fully saturated rings. The molecule has 0 saturated heterocycles. The van der Waals surface area contributed by atoms with Crippen LogP contribution in [-0.2, 0) is 23.3 Å². The van der Waals surface area contributed by atoms with Gasteiger partial charge in [-0.25, -0.2) is 0 Å². The maximum Gasteiger partial charge on any atom is 0.188 e. The molecule has 0 heterocycles. The second-order valence-electron chi connectivity index (χ2n) is 8.22. The van der Waals surface area contributed by atoms with Crippen molar-refractivity contribution in [3.8, 4) is 5.75 Å². The largest absolute Gasteiger partial charge is 0.522 e. The number of hydrogen-bond acceptors (Lipinski definition) is 2. The first-order chi connectivity index (χ1) is 14.7. The zero-order chi connectivity index (χ0) is 22.9. The maximum absolute atomic E-state index is 5.67. The van der Waals surface area contributed by atoms with Crippen LogP contribution in [0.1, 0.15) is 13.8 Å². The van der Waals surface area contributed by atoms with E-state index in [9.17, 15) is 0 Å². The van der Waals surface area contributed by atoms with E-state index < -0.39 is 27.2 Å². The van der Waals surface area contributed by atoms with Gasteiger partial charge in [0.25, 0.3) is 0 Å². The summed E-state index contributed by atoms with van der Waals surface area (Å²) in [5.41, 5.74) is 0. The molecule has 0 N–H and O–H groups in total. The van der Waals surface area contributed by atoms with Crippen LogP contribution in [0.3, 0.4) is 0 Å². The van der Waals surface area contributed by atoms with Crippen molar-refractivity contribution >= 4 is 50.1 Å². The van der Waals surface area contributed by atoms with Crippen molar-refractivity contribution in [1.82, 2.24) is 0 Å². The van der Waals surface area contributed by atoms with E-state index in [1.54, 1.807) is 0 Å². The molecule has 4 rings (SSSR count). The summed E-state index contributed by atoms with van der Waals surface area (Å²) in [6.45, 7) is 10.8. The summed E-state index contributed by atoms with van der Waals surface area (Å²) < 4.78 is 12.6. The summed E-state index contributed by atoms with van der Waals surface area (Å²) >= 11 is -1.84. The van der Waals surface area contributed by atoms with Crippen molar-refractivity contribution in [2.45, 2.75) is 33.5 Å². The van der Waals surface area contributed by atoms with E-state index in [1.165, 1.54) is 19.4 Å². The third-order valence-electron chi connectivity index (χ3n) is 4.27. The predicted molar refractivity (Wildman–Crippen MR) is 137 cm³/mol. The Balaban J connectivity index is 0.000000191. The topological polar surface area (TPSA) is 18.5 Å². The van der Waals surface area contributed by atoms with Crippen LogP contribution in [0.4, 0.5) is 0 Å². The van der Waals surface area contributed by atoms with Gasteiger partial charge < -0.3 is 9.16 Å². The van der Waals surface area contributed by atoms with Gasteiger partial charge in [0.1, 0.15) is 0 Å². The van der Waals surface area contributed by atoms with Gasteiger partial charge in [0.2, 0.25) is 0 Å². The Bertz CT molecular complexity index is 1060. The van der Waals surface area contributed by atoms with Crippen molar-refractivity contribution < 1.29 is 28.0 Å². The molecular weight excluding hydrogens is 522 g/mol. The van der Waals surface area contributed by atoms with Gasteiger partial charge >= 0.3 is 53.0 Å². The van der Waals surface area contributed by atoms with E-state index in [4.69, 9.17) is 26.2 Å². The molecule has 0 radical (unpaired) electrons. The Morgan fingerprint density at radius 3 is 2.13 bits per heavy atom. The molecule has 2 nitrogen and oxygen atoms in total. The van der Waals surface area contributed by atoms with E-state index in [0.29, 0.717) is 6.79 Å². The predicted octanol–water partition coefficient (Wildman–Crippen LogP) is 8.43. The van der Waals surface area contributed by atoms with E-state index in [-0.39, 0.29) is 0 Å². The van der Waals surface area contributed by atoms with Crippen molar-refractivity contribution in [3.05, 3.63) is 78.9 Å². The summed E-state index contributed by atoms with van der Waals surface area (Å²) in [4.78, 5) is 0. The number of fused-ring (bicyclic) bond motifs is 2. The quantitative estimate of drug-likeness (QED) is 0.144. The molecule has 31 heavy (non-hydrogen) atoms. The van der Waals surface area contributed by atoms with Crippen LogP contribution in [0.2, 0.25) is 19.6 Å². The van der Waals surface area contributed by atoms with Gasteiger partial charge in [-0.15, -0.1) is 65.4 Å². The molecule has 0 spiro atoms. The number of rotatable bonds is 4. The van der Waals surface area contributed by atoms with Gasteiger partial charge in [0.05, 0.1) is 0 Å². The summed E-state index contributed by atoms with van der Waals surface area (Å²) in [5, 5.41) is 5.03. The van der Waals surface area contributed by atoms with E-state index in [0.717, 1.165) is 11.1 Å². The molecule has 0 aliphatic rings. The molecule has 0 saturated carbocycles. The Morgan fingerprint density at radius 2 is 1.52 bits per heavy atom. The minimum Gasteiger partial charge on any atom is -0.522 e. The normalized spacial score (nSPS) is 10.7. The van der Waals surface area contributed by atoms with E-state index >= 15 is 0 Å². The van der Waals surface area contributed by atoms with Crippen LogP contribution in [0.15, 0.2) is 78.9 Å². The number of hydrogen-bond donors (Lipinski definition) is 0. The van der Waals surface area contributed by atoms with Crippen molar-refractivity contribution in [2.24, 2.45) is 0 Å². The first-order valence-electron chi connectivity index (χ1n) is 10.2. The molecule has 4 aromatic rings. The van der Waals surface area contributed by atoms with Gasteiger partial charge in [-0.1, -0.05) is 17.5 Å². The minimum absolute atomic E-state index is 0.351. The standard InChI is InChI=1S/C13H17O2Si.C9H7.C3H6.2ClH.Zr/c1-16(2,3)15-10-14-13-9-8-11-6-4-5-7-12(11)13;1-2-5-9-7-3-6-8(9)4-1;1-3-2;;;/h4-9H,10H2,1-3H3;1-7H;1-2H3;2*1H;/q2*-1;;;;+2/p-2. The number of halogens is 2. The monoisotopic (exact) mass is 550 g/mol. The van der Waals surface area contributed by atoms with Crippen LogP contribution >= 0.6 is 17.0 Å². The third kappa shape index (κ3) is 9.55. The van der Waals surface area contributed by atoms with Crippen molar-refractivity contribution in [3.63, 3.8) is 0 Å². The molecular formula is C25H30Cl2O2SiZr-2. The smallest absolute Gasteiger partial charge is 0.188 e. The van der Waals surface area contributed by atoms with Crippen molar-refractivity contribution in [2.75, 3.05) is 6.79 Å². The zero-order valence-corrected chi connectivity index (χ0v) is 23.8. The fourth-order valence-electron chi connectivity index (χ4n) is 2.59. The SMILES string of the molecule is C[C](C)=[Zr]([Cl])[Cl].C[Si](C)(C)OCOc1c[cH-]c2ccccc12.c1ccc2[cH-]ccc2c1. The molecule has 166 valence electrons. The molecule has 4 aromatic carbocycles. The van der Waals surface area contributed by atoms with Crippen LogP contribution in [0.5, 0.6) is 5.75 Å². The second kappa shape index (κ2) is 12.9. The van der Waals surface area contributed by atoms with Crippen LogP contribution < -0.4 is 4.74 Å². The van der Waals surface area contributed by atoms with Crippen LogP contribution in [-0.4, -0.2) is 18.3 Å². The molecule has 0 amide bonds. The summed E-state index contributed by atoms with van der Waals surface area (Å²) in [5.74, 6) is 0.911. The zero-order valence-electron chi connectivity index (χ0n) is 18.8. The van der Waals surface area contributed by atoms with Gasteiger partial charge in [-0.05, 0) is 19.6 Å². The average Bonchev–Trinajstić information content (AvgIpc) is 3.35. The minimum atomic E-state index is -1.84. The number of benzene rings is 2. The first-order valence-corrected chi connectivity index (χ1v) is 21.1. The summed E-state index contributed by atoms with van der Waals surface area (Å²) in [6.07, 6.45) is 0. The molecule has 6 heteroatoms. The van der Waals surface area contributed by atoms with Crippen LogP contribution in [0, 0.1) is 0 Å². The molecule has 0 aliphatic heterocycles. The first kappa shape index (κ1) is 26.2. The van der Waals surface area contributed by atoms with Crippen LogP contribution in [0.25, 0.3) is 21.5 Å². The van der Waals surface area contributed by atoms with Gasteiger partial charge in [-0.2, -0.15) is 17.5 Å². The van der Waals surface area contributed by atoms with E-state index in [1.807, 2.05) is 32.0 Å². The van der Waals surface area contributed by atoms with E-state index in [2.05, 4.69) is 80.3 Å². The Hall–Kier alpha value is -1.03. The summed E-state index contributed by atoms with van der Waals surface area (Å²) in [7, 11) is 9.59. The van der Waals surface area contributed by atoms with Gasteiger partial charge in [0.15, 0.2) is 15.1 Å². The van der Waals surface area contributed by atoms with Crippen molar-refractivity contribution in [1.29, 1.82) is 0 Å². The van der Waals surface area contributed by atoms with Gasteiger partial charge in [-0.3, -0.25) is 0 Å². The Labute approximate surface area is 201 Å². The molecule has 0 unspecified atom stereocenters. The Morgan fingerprint density at radius 1 is 0.903 bits per heavy atom. The molecule has 0 bridgehead atoms. The summed E-state index contributed by atoms with van der Waals surface area (Å²) in [6, 6.07) is 26.9. The fraction of sp³-hybridized carbons (Fsp3) is 0.240. The average molecular weight is 553 g/mol. The number of ether oxygens (including phenoxy) is 1. The Kier molecular flexibility index (Phi) is 10.9. The molecule has 0 atom stereocenters. The molecule has 0 aromatic heterocycles. The fourth-order valence-corrected chi connectivity index (χ4v) is 3.00. The molecule has 0 aliphatic carbocycles. The maximum atomic E-state index is 5.67. The third-order valence-corrected chi connectivity index (χ3v) is 11.6. The second-order valence-corrected chi connectivity index (χ2v) is 22.1. The van der Waals surface area contributed by atoms with Gasteiger partial charge in [0, 0.05) is 5.75 Å².